The van der Waals surface area contributed by atoms with E-state index in [1.165, 1.54) is 0 Å². The molecule has 2 saturated heterocycles. The number of rotatable bonds is 4. The lowest BCUT2D eigenvalue weighted by molar-refractivity contribution is -0.135. The first kappa shape index (κ1) is 21.1. The molecular weight excluding hydrogens is 380 g/mol. The summed E-state index contributed by atoms with van der Waals surface area (Å²) in [6.07, 6.45) is 4.56. The van der Waals surface area contributed by atoms with E-state index in [4.69, 9.17) is 4.98 Å². The van der Waals surface area contributed by atoms with Gasteiger partial charge in [-0.3, -0.25) is 14.4 Å². The Balaban J connectivity index is 1.44. The molecule has 3 heterocycles. The highest BCUT2D eigenvalue weighted by Gasteiger charge is 2.42. The number of amides is 2. The first-order valence-electron chi connectivity index (χ1n) is 11.5. The second kappa shape index (κ2) is 8.52. The van der Waals surface area contributed by atoms with Crippen LogP contribution in [0.5, 0.6) is 0 Å². The Morgan fingerprint density at radius 3 is 2.43 bits per heavy atom. The Labute approximate surface area is 178 Å². The van der Waals surface area contributed by atoms with E-state index in [0.717, 1.165) is 50.2 Å². The third-order valence-electron chi connectivity index (χ3n) is 7.05. The molecule has 2 aliphatic heterocycles. The predicted molar refractivity (Wildman–Crippen MR) is 114 cm³/mol. The van der Waals surface area contributed by atoms with Crippen molar-refractivity contribution in [2.45, 2.75) is 64.7 Å². The quantitative estimate of drug-likeness (QED) is 0.820. The minimum atomic E-state index is -0.116. The van der Waals surface area contributed by atoms with E-state index >= 15 is 0 Å². The van der Waals surface area contributed by atoms with Crippen LogP contribution in [0.25, 0.3) is 0 Å². The third-order valence-corrected chi connectivity index (χ3v) is 7.05. The van der Waals surface area contributed by atoms with Crippen LogP contribution in [0.15, 0.2) is 10.9 Å². The van der Waals surface area contributed by atoms with Gasteiger partial charge in [-0.05, 0) is 38.0 Å². The molecule has 7 nitrogen and oxygen atoms in total. The first-order chi connectivity index (χ1) is 14.3. The third kappa shape index (κ3) is 4.44. The number of aromatic amines is 1. The average Bonchev–Trinajstić information content (AvgIpc) is 3.49. The van der Waals surface area contributed by atoms with Crippen LogP contribution in [-0.2, 0) is 9.59 Å². The molecule has 0 radical (unpaired) electrons. The van der Waals surface area contributed by atoms with Gasteiger partial charge in [-0.25, -0.2) is 4.98 Å². The number of carbonyl (C=O) groups excluding carboxylic acids is 2. The maximum absolute atomic E-state index is 12.7. The van der Waals surface area contributed by atoms with Crippen molar-refractivity contribution >= 4 is 11.8 Å². The summed E-state index contributed by atoms with van der Waals surface area (Å²) in [6, 6.07) is 1.61. The lowest BCUT2D eigenvalue weighted by atomic mass is 9.92. The second-order valence-corrected chi connectivity index (χ2v) is 9.75. The molecule has 164 valence electrons. The second-order valence-electron chi connectivity index (χ2n) is 9.75. The maximum atomic E-state index is 12.7. The summed E-state index contributed by atoms with van der Waals surface area (Å²) in [7, 11) is 0. The molecular formula is C23H34N4O3. The zero-order chi connectivity index (χ0) is 21.4. The van der Waals surface area contributed by atoms with Gasteiger partial charge < -0.3 is 14.8 Å². The van der Waals surface area contributed by atoms with Gasteiger partial charge in [0, 0.05) is 55.9 Å². The number of nitrogens with one attached hydrogen (secondary N) is 1. The molecule has 30 heavy (non-hydrogen) atoms. The summed E-state index contributed by atoms with van der Waals surface area (Å²) >= 11 is 0. The molecule has 4 rings (SSSR count). The van der Waals surface area contributed by atoms with Crippen molar-refractivity contribution < 1.29 is 9.59 Å². The number of H-pyrrole nitrogens is 1. The Hall–Kier alpha value is -2.18. The van der Waals surface area contributed by atoms with Crippen molar-refractivity contribution in [3.8, 4) is 0 Å². The van der Waals surface area contributed by atoms with Gasteiger partial charge in [0.1, 0.15) is 5.82 Å². The van der Waals surface area contributed by atoms with E-state index in [1.54, 1.807) is 6.07 Å². The van der Waals surface area contributed by atoms with Gasteiger partial charge in [-0.15, -0.1) is 0 Å². The number of likely N-dealkylation sites (tertiary alicyclic amines) is 2. The lowest BCUT2D eigenvalue weighted by Gasteiger charge is -2.34. The fraction of sp³-hybridized carbons (Fsp3) is 0.739. The van der Waals surface area contributed by atoms with E-state index in [9.17, 15) is 14.4 Å². The lowest BCUT2D eigenvalue weighted by Crippen LogP contribution is -2.41. The van der Waals surface area contributed by atoms with Crippen LogP contribution in [0.1, 0.15) is 76.2 Å². The van der Waals surface area contributed by atoms with Crippen LogP contribution in [-0.4, -0.2) is 57.8 Å². The van der Waals surface area contributed by atoms with Crippen LogP contribution in [0.3, 0.4) is 0 Å². The summed E-state index contributed by atoms with van der Waals surface area (Å²) in [5.41, 5.74) is 0.700. The van der Waals surface area contributed by atoms with Crippen molar-refractivity contribution in [3.05, 3.63) is 27.9 Å². The molecule has 1 aliphatic carbocycles. The molecule has 1 N–H and O–H groups in total. The standard InChI is InChI=1S/C23H34N4O3/c1-14(2)22(29)26-9-6-16(7-10-26)21-24-19(12-20(28)25-21)17-5-4-8-27(13-17)23(30)18-11-15(18)3/h12,14-18H,4-11,13H2,1-3H3,(H,24,25,28)/t15-,17+,18+/m1/s1. The van der Waals surface area contributed by atoms with E-state index in [2.05, 4.69) is 11.9 Å². The monoisotopic (exact) mass is 414 g/mol. The van der Waals surface area contributed by atoms with Crippen LogP contribution >= 0.6 is 0 Å². The molecule has 0 bridgehead atoms. The largest absolute Gasteiger partial charge is 0.342 e. The van der Waals surface area contributed by atoms with E-state index < -0.39 is 0 Å². The summed E-state index contributed by atoms with van der Waals surface area (Å²) in [6.45, 7) is 8.89. The van der Waals surface area contributed by atoms with Gasteiger partial charge in [0.05, 0.1) is 5.69 Å². The van der Waals surface area contributed by atoms with Crippen LogP contribution in [0.4, 0.5) is 0 Å². The fourth-order valence-corrected chi connectivity index (χ4v) is 4.96. The highest BCUT2D eigenvalue weighted by atomic mass is 16.2. The predicted octanol–water partition coefficient (Wildman–Crippen LogP) is 2.49. The minimum Gasteiger partial charge on any atom is -0.342 e. The van der Waals surface area contributed by atoms with Crippen molar-refractivity contribution in [1.29, 1.82) is 0 Å². The molecule has 7 heteroatoms. The number of aromatic nitrogens is 2. The molecule has 3 aliphatic rings. The zero-order valence-electron chi connectivity index (χ0n) is 18.4. The smallest absolute Gasteiger partial charge is 0.251 e. The van der Waals surface area contributed by atoms with Crippen molar-refractivity contribution in [3.63, 3.8) is 0 Å². The molecule has 3 atom stereocenters. The van der Waals surface area contributed by atoms with Gasteiger partial charge in [-0.1, -0.05) is 20.8 Å². The molecule has 1 saturated carbocycles. The summed E-state index contributed by atoms with van der Waals surface area (Å²) < 4.78 is 0. The van der Waals surface area contributed by atoms with Gasteiger partial charge in [0.25, 0.3) is 5.56 Å². The first-order valence-corrected chi connectivity index (χ1v) is 11.5. The summed E-state index contributed by atoms with van der Waals surface area (Å²) in [5, 5.41) is 0. The van der Waals surface area contributed by atoms with Crippen LogP contribution < -0.4 is 5.56 Å². The van der Waals surface area contributed by atoms with Crippen molar-refractivity contribution in [1.82, 2.24) is 19.8 Å². The molecule has 0 unspecified atom stereocenters. The van der Waals surface area contributed by atoms with Gasteiger partial charge in [0.2, 0.25) is 11.8 Å². The average molecular weight is 415 g/mol. The summed E-state index contributed by atoms with van der Waals surface area (Å²) in [5.74, 6) is 2.23. The maximum Gasteiger partial charge on any atom is 0.251 e. The molecule has 3 fully saturated rings. The number of hydrogen-bond donors (Lipinski definition) is 1. The van der Waals surface area contributed by atoms with E-state index in [1.807, 2.05) is 23.6 Å². The Kier molecular flexibility index (Phi) is 5.98. The Morgan fingerprint density at radius 1 is 1.10 bits per heavy atom. The summed E-state index contributed by atoms with van der Waals surface area (Å²) in [4.78, 5) is 49.0. The normalized spacial score (nSPS) is 27.4. The van der Waals surface area contributed by atoms with Crippen LogP contribution in [0.2, 0.25) is 0 Å². The highest BCUT2D eigenvalue weighted by molar-refractivity contribution is 5.81. The number of nitrogens with zero attached hydrogens (tertiary/aromatic N) is 3. The molecule has 1 aromatic heterocycles. The number of piperidine rings is 2. The van der Waals surface area contributed by atoms with Gasteiger partial charge in [-0.2, -0.15) is 0 Å². The van der Waals surface area contributed by atoms with Gasteiger partial charge in [0.15, 0.2) is 0 Å². The SMILES string of the molecule is CC(C)C(=O)N1CCC(c2nc([C@H]3CCCN(C(=O)[C@H]4C[C@H]4C)C3)cc(=O)[nH]2)CC1. The van der Waals surface area contributed by atoms with Crippen LogP contribution in [0, 0.1) is 17.8 Å². The highest BCUT2D eigenvalue weighted by Crippen LogP contribution is 2.40. The fourth-order valence-electron chi connectivity index (χ4n) is 4.96. The van der Waals surface area contributed by atoms with Crippen molar-refractivity contribution in [2.75, 3.05) is 26.2 Å². The number of carbonyl (C=O) groups is 2. The van der Waals surface area contributed by atoms with E-state index in [-0.39, 0.29) is 41.0 Å². The van der Waals surface area contributed by atoms with Gasteiger partial charge >= 0.3 is 0 Å². The topological polar surface area (TPSA) is 86.4 Å². The Morgan fingerprint density at radius 2 is 1.80 bits per heavy atom. The van der Waals surface area contributed by atoms with Crippen molar-refractivity contribution in [2.24, 2.45) is 17.8 Å². The minimum absolute atomic E-state index is 0.0124. The number of hydrogen-bond acceptors (Lipinski definition) is 4. The Bertz CT molecular complexity index is 856. The molecule has 0 spiro atoms. The van der Waals surface area contributed by atoms with E-state index in [0.29, 0.717) is 25.6 Å². The zero-order valence-corrected chi connectivity index (χ0v) is 18.4. The molecule has 2 amide bonds. The molecule has 1 aromatic rings. The molecule has 0 aromatic carbocycles.